The standard InChI is InChI=1S/C120H74N12/c1-5-30-75(31-6-1)115-121-116(76-32-7-2-8-33-76)124-119(123-115)101-73-81(131-111-64-58-83(127-103-48-21-13-40-89(103)90-41-14-22-49-104(90)127)69-97(111)98-70-84(59-65-112(98)131)128-105-50-23-15-42-91(105)92-43-16-24-51-106(92)128)56-62-87(101)79-38-29-39-80(68-79)88-63-57-82(74-102(88)120-125-117(77-34-9-3-10-35-77)122-118(126-120)78-36-11-4-12-37-78)132-113-66-60-85(129-107-52-25-17-44-93(107)94-45-18-26-53-108(94)129)71-99(113)100-72-86(61-67-114(100)132)130-109-54-27-19-46-95(109)96-47-20-28-55-110(96)130/h1-74H. The van der Waals surface area contributed by atoms with Gasteiger partial charge < -0.3 is 27.4 Å². The molecule has 12 heteroatoms. The number of aromatic nitrogens is 12. The number of hydrogen-bond acceptors (Lipinski definition) is 6. The molecule has 0 aliphatic rings. The average molecular weight is 1680 g/mol. The first-order valence-corrected chi connectivity index (χ1v) is 44.7. The van der Waals surface area contributed by atoms with E-state index in [1.807, 2.05) is 72.8 Å². The van der Waals surface area contributed by atoms with Crippen molar-refractivity contribution in [3.8, 4) is 125 Å². The smallest absolute Gasteiger partial charge is 0.164 e. The fraction of sp³-hybridized carbons (Fsp3) is 0. The van der Waals surface area contributed by atoms with Crippen LogP contribution in [0.5, 0.6) is 0 Å². The number of para-hydroxylation sites is 8. The highest BCUT2D eigenvalue weighted by Crippen LogP contribution is 2.47. The first-order chi connectivity index (χ1) is 65.5. The predicted molar refractivity (Wildman–Crippen MR) is 543 cm³/mol. The minimum atomic E-state index is 0.515. The summed E-state index contributed by atoms with van der Waals surface area (Å²) < 4.78 is 14.5. The number of rotatable bonds is 14. The van der Waals surface area contributed by atoms with Crippen LogP contribution in [0.15, 0.2) is 449 Å². The van der Waals surface area contributed by atoms with Gasteiger partial charge in [0.2, 0.25) is 0 Å². The summed E-state index contributed by atoms with van der Waals surface area (Å²) in [5.41, 5.74) is 28.2. The minimum Gasteiger partial charge on any atom is -0.309 e. The Kier molecular flexibility index (Phi) is 16.8. The fourth-order valence-corrected chi connectivity index (χ4v) is 20.8. The summed E-state index contributed by atoms with van der Waals surface area (Å²) >= 11 is 0. The summed E-state index contributed by atoms with van der Waals surface area (Å²) in [6, 6.07) is 162. The molecule has 27 aromatic rings. The molecule has 19 aromatic carbocycles. The quantitative estimate of drug-likeness (QED) is 0.107. The Morgan fingerprint density at radius 1 is 0.114 bits per heavy atom. The third-order valence-electron chi connectivity index (χ3n) is 26.7. The average Bonchev–Trinajstić information content (AvgIpc) is 1.57. The Bertz CT molecular complexity index is 8210. The minimum absolute atomic E-state index is 0.515. The predicted octanol–water partition coefficient (Wildman–Crippen LogP) is 30.0. The van der Waals surface area contributed by atoms with Gasteiger partial charge in [0.15, 0.2) is 34.9 Å². The SMILES string of the molecule is c1ccc(-c2nc(-c3ccccc3)nc(-c3cc(-n4c5ccc(-n6c7ccccc7c7ccccc76)cc5c5cc(-n6c7ccccc7c7ccccc76)ccc54)ccc3-c3cccc(-c4ccc(-n5c6ccc(-n7c8ccccc8c8ccccc87)cc6c6cc(-n7c8ccccc8c8ccccc87)ccc65)cc4-c4nc(-c5ccccc5)nc(-c5ccccc5)n4)c3)n2)cc1. The summed E-state index contributed by atoms with van der Waals surface area (Å²) in [6.45, 7) is 0. The molecule has 614 valence electrons. The van der Waals surface area contributed by atoms with Crippen LogP contribution < -0.4 is 0 Å². The topological polar surface area (TPSA) is 107 Å². The number of benzene rings is 19. The maximum Gasteiger partial charge on any atom is 0.164 e. The highest BCUT2D eigenvalue weighted by Gasteiger charge is 2.27. The monoisotopic (exact) mass is 1680 g/mol. The van der Waals surface area contributed by atoms with Crippen LogP contribution in [0, 0.1) is 0 Å². The lowest BCUT2D eigenvalue weighted by molar-refractivity contribution is 1.07. The van der Waals surface area contributed by atoms with E-state index < -0.39 is 0 Å². The molecule has 0 aliphatic heterocycles. The van der Waals surface area contributed by atoms with E-state index in [0.717, 1.165) is 178 Å². The second-order valence-electron chi connectivity index (χ2n) is 34.1. The molecule has 8 aromatic heterocycles. The molecular formula is C120H74N12. The first-order valence-electron chi connectivity index (χ1n) is 44.7. The van der Waals surface area contributed by atoms with E-state index in [2.05, 4.69) is 404 Å². The molecule has 0 fully saturated rings. The lowest BCUT2D eigenvalue weighted by Gasteiger charge is -2.18. The maximum absolute atomic E-state index is 5.61. The molecular weight excluding hydrogens is 1610 g/mol. The van der Waals surface area contributed by atoms with E-state index in [9.17, 15) is 0 Å². The molecule has 132 heavy (non-hydrogen) atoms. The van der Waals surface area contributed by atoms with Crippen LogP contribution in [0.2, 0.25) is 0 Å². The molecule has 0 N–H and O–H groups in total. The molecule has 12 nitrogen and oxygen atoms in total. The summed E-state index contributed by atoms with van der Waals surface area (Å²) in [5, 5.41) is 14.0. The third-order valence-corrected chi connectivity index (χ3v) is 26.7. The second kappa shape index (κ2) is 29.8. The summed E-state index contributed by atoms with van der Waals surface area (Å²) in [5.74, 6) is 3.25. The van der Waals surface area contributed by atoms with Crippen molar-refractivity contribution in [3.63, 3.8) is 0 Å². The fourth-order valence-electron chi connectivity index (χ4n) is 20.8. The van der Waals surface area contributed by atoms with E-state index >= 15 is 0 Å². The van der Waals surface area contributed by atoms with Crippen LogP contribution in [0.4, 0.5) is 0 Å². The summed E-state index contributed by atoms with van der Waals surface area (Å²) in [6.07, 6.45) is 0. The van der Waals surface area contributed by atoms with E-state index in [1.165, 1.54) is 43.1 Å². The zero-order valence-corrected chi connectivity index (χ0v) is 71.1. The van der Waals surface area contributed by atoms with Crippen molar-refractivity contribution in [2.75, 3.05) is 0 Å². The van der Waals surface area contributed by atoms with Crippen molar-refractivity contribution < 1.29 is 0 Å². The van der Waals surface area contributed by atoms with E-state index in [4.69, 9.17) is 29.9 Å². The molecule has 0 unspecified atom stereocenters. The molecule has 0 atom stereocenters. The normalized spacial score (nSPS) is 11.9. The zero-order valence-electron chi connectivity index (χ0n) is 71.1. The van der Waals surface area contributed by atoms with Gasteiger partial charge in [-0.05, 0) is 174 Å². The van der Waals surface area contributed by atoms with Gasteiger partial charge in [0.1, 0.15) is 0 Å². The Balaban J connectivity index is 0.690. The van der Waals surface area contributed by atoms with Gasteiger partial charge in [-0.2, -0.15) is 0 Å². The Labute approximate surface area is 756 Å². The van der Waals surface area contributed by atoms with Gasteiger partial charge in [0.05, 0.1) is 66.2 Å². The van der Waals surface area contributed by atoms with Crippen LogP contribution in [-0.2, 0) is 0 Å². The number of hydrogen-bond donors (Lipinski definition) is 0. The largest absolute Gasteiger partial charge is 0.309 e. The van der Waals surface area contributed by atoms with Crippen LogP contribution in [0.3, 0.4) is 0 Å². The molecule has 8 heterocycles. The molecule has 0 amide bonds. The van der Waals surface area contributed by atoms with Crippen LogP contribution in [-0.4, -0.2) is 57.3 Å². The van der Waals surface area contributed by atoms with Crippen LogP contribution in [0.1, 0.15) is 0 Å². The van der Waals surface area contributed by atoms with Gasteiger partial charge in [-0.1, -0.05) is 297 Å². The molecule has 0 aliphatic carbocycles. The van der Waals surface area contributed by atoms with Crippen molar-refractivity contribution >= 4 is 131 Å². The number of fused-ring (bicyclic) bond motifs is 18. The van der Waals surface area contributed by atoms with Crippen LogP contribution >= 0.6 is 0 Å². The van der Waals surface area contributed by atoms with Gasteiger partial charge in [0, 0.05) is 132 Å². The summed E-state index contributed by atoms with van der Waals surface area (Å²) in [4.78, 5) is 33.1. The number of nitrogens with zero attached hydrogens (tertiary/aromatic N) is 12. The maximum atomic E-state index is 5.61. The Morgan fingerprint density at radius 2 is 0.295 bits per heavy atom. The summed E-state index contributed by atoms with van der Waals surface area (Å²) in [7, 11) is 0. The zero-order chi connectivity index (χ0) is 86.6. The highest BCUT2D eigenvalue weighted by atomic mass is 15.1. The van der Waals surface area contributed by atoms with Crippen molar-refractivity contribution in [1.82, 2.24) is 57.3 Å². The van der Waals surface area contributed by atoms with Crippen molar-refractivity contribution in [1.29, 1.82) is 0 Å². The van der Waals surface area contributed by atoms with E-state index in [-0.39, 0.29) is 0 Å². The molecule has 0 spiro atoms. The molecule has 0 bridgehead atoms. The van der Waals surface area contributed by atoms with Crippen LogP contribution in [0.25, 0.3) is 256 Å². The van der Waals surface area contributed by atoms with Crippen molar-refractivity contribution in [2.45, 2.75) is 0 Å². The van der Waals surface area contributed by atoms with E-state index in [0.29, 0.717) is 34.9 Å². The van der Waals surface area contributed by atoms with E-state index in [1.54, 1.807) is 0 Å². The van der Waals surface area contributed by atoms with Gasteiger partial charge in [-0.3, -0.25) is 0 Å². The van der Waals surface area contributed by atoms with Gasteiger partial charge >= 0.3 is 0 Å². The van der Waals surface area contributed by atoms with Gasteiger partial charge in [-0.15, -0.1) is 0 Å². The molecule has 0 saturated heterocycles. The molecule has 27 rings (SSSR count). The van der Waals surface area contributed by atoms with Crippen molar-refractivity contribution in [2.24, 2.45) is 0 Å². The second-order valence-corrected chi connectivity index (χ2v) is 34.1. The van der Waals surface area contributed by atoms with Crippen molar-refractivity contribution in [3.05, 3.63) is 449 Å². The first kappa shape index (κ1) is 74.3. The molecule has 0 saturated carbocycles. The molecule has 0 radical (unpaired) electrons. The highest BCUT2D eigenvalue weighted by molar-refractivity contribution is 6.17. The third kappa shape index (κ3) is 11.8. The Morgan fingerprint density at radius 3 is 0.530 bits per heavy atom. The Hall–Kier alpha value is -18.0. The van der Waals surface area contributed by atoms with Gasteiger partial charge in [0.25, 0.3) is 0 Å². The lowest BCUT2D eigenvalue weighted by atomic mass is 9.92. The lowest BCUT2D eigenvalue weighted by Crippen LogP contribution is -2.03. The van der Waals surface area contributed by atoms with Gasteiger partial charge in [-0.25, -0.2) is 29.9 Å².